The molecule has 2 N–H and O–H groups in total. The third-order valence-electron chi connectivity index (χ3n) is 3.58. The Labute approximate surface area is 111 Å². The molecule has 104 valence electrons. The monoisotopic (exact) mass is 264 g/mol. The summed E-state index contributed by atoms with van der Waals surface area (Å²) in [4.78, 5) is 25.7. The lowest BCUT2D eigenvalue weighted by Gasteiger charge is -2.13. The van der Waals surface area contributed by atoms with Crippen molar-refractivity contribution in [3.8, 4) is 5.88 Å². The van der Waals surface area contributed by atoms with E-state index < -0.39 is 11.2 Å². The first-order valence-corrected chi connectivity index (χ1v) is 6.74. The number of H-pyrrole nitrogens is 1. The molecule has 19 heavy (non-hydrogen) atoms. The van der Waals surface area contributed by atoms with Gasteiger partial charge in [0.2, 0.25) is 5.88 Å². The van der Waals surface area contributed by atoms with E-state index in [1.165, 1.54) is 16.6 Å². The number of allylic oxidation sites excluding steroid dienone is 2. The predicted molar refractivity (Wildman–Crippen MR) is 73.6 cm³/mol. The fraction of sp³-hybridized carbons (Fsp3) is 0.571. The van der Waals surface area contributed by atoms with E-state index >= 15 is 0 Å². The summed E-state index contributed by atoms with van der Waals surface area (Å²) in [5.41, 5.74) is 0.572. The molecular weight excluding hydrogens is 244 g/mol. The van der Waals surface area contributed by atoms with E-state index in [2.05, 4.69) is 11.1 Å². The third-order valence-corrected chi connectivity index (χ3v) is 3.58. The first kappa shape index (κ1) is 13.6. The van der Waals surface area contributed by atoms with Gasteiger partial charge in [-0.25, -0.2) is 4.79 Å². The molecule has 0 aromatic carbocycles. The molecule has 0 amide bonds. The van der Waals surface area contributed by atoms with Crippen LogP contribution in [0.5, 0.6) is 5.88 Å². The normalized spacial score (nSPS) is 15.0. The maximum absolute atomic E-state index is 11.8. The summed E-state index contributed by atoms with van der Waals surface area (Å²) in [7, 11) is 0. The number of nitrogens with zero attached hydrogens (tertiary/aromatic N) is 1. The topological polar surface area (TPSA) is 75.1 Å². The Bertz CT molecular complexity index is 608. The molecular formula is C14H20N2O3. The highest BCUT2D eigenvalue weighted by molar-refractivity contribution is 5.26. The van der Waals surface area contributed by atoms with Crippen molar-refractivity contribution in [3.05, 3.63) is 38.1 Å². The molecule has 0 bridgehead atoms. The van der Waals surface area contributed by atoms with Crippen LogP contribution < -0.4 is 11.2 Å². The van der Waals surface area contributed by atoms with Gasteiger partial charge in [0.1, 0.15) is 0 Å². The molecule has 0 radical (unpaired) electrons. The lowest BCUT2D eigenvalue weighted by Crippen LogP contribution is -2.32. The van der Waals surface area contributed by atoms with Crippen LogP contribution in [0, 0.1) is 0 Å². The van der Waals surface area contributed by atoms with Gasteiger partial charge in [-0.15, -0.1) is 0 Å². The molecule has 0 saturated carbocycles. The number of hydrogen-bond donors (Lipinski definition) is 2. The van der Waals surface area contributed by atoms with Gasteiger partial charge >= 0.3 is 5.69 Å². The largest absolute Gasteiger partial charge is 0.494 e. The van der Waals surface area contributed by atoms with Gasteiger partial charge < -0.3 is 5.11 Å². The van der Waals surface area contributed by atoms with Crippen LogP contribution in [0.3, 0.4) is 0 Å². The highest BCUT2D eigenvalue weighted by atomic mass is 16.3. The Morgan fingerprint density at radius 1 is 1.42 bits per heavy atom. The van der Waals surface area contributed by atoms with Crippen molar-refractivity contribution in [2.45, 2.75) is 52.0 Å². The smallest absolute Gasteiger partial charge is 0.331 e. The maximum Gasteiger partial charge on any atom is 0.331 e. The number of aromatic amines is 1. The van der Waals surface area contributed by atoms with E-state index in [0.29, 0.717) is 6.54 Å². The highest BCUT2D eigenvalue weighted by Crippen LogP contribution is 2.23. The minimum atomic E-state index is -0.537. The van der Waals surface area contributed by atoms with Crippen LogP contribution >= 0.6 is 0 Å². The van der Waals surface area contributed by atoms with Crippen molar-refractivity contribution in [1.29, 1.82) is 0 Å². The zero-order valence-electron chi connectivity index (χ0n) is 11.4. The molecule has 0 unspecified atom stereocenters. The van der Waals surface area contributed by atoms with Crippen molar-refractivity contribution in [3.63, 3.8) is 0 Å². The van der Waals surface area contributed by atoms with E-state index in [4.69, 9.17) is 0 Å². The molecule has 5 nitrogen and oxygen atoms in total. The molecule has 0 aliphatic heterocycles. The van der Waals surface area contributed by atoms with Crippen LogP contribution in [-0.4, -0.2) is 14.7 Å². The van der Waals surface area contributed by atoms with Crippen LogP contribution in [0.4, 0.5) is 0 Å². The molecule has 1 heterocycles. The van der Waals surface area contributed by atoms with Crippen LogP contribution in [-0.2, 0) is 6.54 Å². The SMILES string of the molecule is CC(C)c1c(O)n(CCC2=CCCC2)c(=O)[nH]c1=O. The number of aromatic hydroxyl groups is 1. The molecule has 2 rings (SSSR count). The summed E-state index contributed by atoms with van der Waals surface area (Å²) in [6.45, 7) is 4.05. The lowest BCUT2D eigenvalue weighted by molar-refractivity contribution is 0.389. The fourth-order valence-electron chi connectivity index (χ4n) is 2.52. The summed E-state index contributed by atoms with van der Waals surface area (Å²) in [5, 5.41) is 10.1. The second kappa shape index (κ2) is 5.47. The predicted octanol–water partition coefficient (Wildman–Crippen LogP) is 1.87. The molecule has 1 aliphatic rings. The van der Waals surface area contributed by atoms with Crippen molar-refractivity contribution in [1.82, 2.24) is 9.55 Å². The minimum absolute atomic E-state index is 0.124. The first-order valence-electron chi connectivity index (χ1n) is 6.74. The third kappa shape index (κ3) is 2.80. The second-order valence-corrected chi connectivity index (χ2v) is 5.31. The number of nitrogens with one attached hydrogen (secondary N) is 1. The van der Waals surface area contributed by atoms with Crippen LogP contribution in [0.25, 0.3) is 0 Å². The van der Waals surface area contributed by atoms with Gasteiger partial charge in [-0.3, -0.25) is 14.3 Å². The molecule has 0 spiro atoms. The maximum atomic E-state index is 11.8. The Hall–Kier alpha value is -1.78. The summed E-state index contributed by atoms with van der Waals surface area (Å²) in [5.74, 6) is -0.316. The second-order valence-electron chi connectivity index (χ2n) is 5.31. The first-order chi connectivity index (χ1) is 9.00. The van der Waals surface area contributed by atoms with E-state index in [-0.39, 0.29) is 17.4 Å². The van der Waals surface area contributed by atoms with Crippen LogP contribution in [0.1, 0.15) is 51.0 Å². The van der Waals surface area contributed by atoms with Gasteiger partial charge in [0.15, 0.2) is 0 Å². The number of rotatable bonds is 4. The Balaban J connectivity index is 2.31. The molecule has 0 atom stereocenters. The van der Waals surface area contributed by atoms with Crippen molar-refractivity contribution in [2.24, 2.45) is 0 Å². The Morgan fingerprint density at radius 3 is 2.74 bits per heavy atom. The van der Waals surface area contributed by atoms with Gasteiger partial charge in [0, 0.05) is 6.54 Å². The van der Waals surface area contributed by atoms with Crippen molar-refractivity contribution < 1.29 is 5.11 Å². The zero-order valence-corrected chi connectivity index (χ0v) is 11.4. The average Bonchev–Trinajstić information content (AvgIpc) is 2.80. The summed E-state index contributed by atoms with van der Waals surface area (Å²) >= 11 is 0. The number of hydrogen-bond acceptors (Lipinski definition) is 3. The molecule has 1 aromatic rings. The van der Waals surface area contributed by atoms with Gasteiger partial charge in [-0.1, -0.05) is 25.5 Å². The summed E-state index contributed by atoms with van der Waals surface area (Å²) in [6.07, 6.45) is 6.27. The van der Waals surface area contributed by atoms with Gasteiger partial charge in [0.05, 0.1) is 5.56 Å². The molecule has 1 aliphatic carbocycles. The molecule has 5 heteroatoms. The molecule has 0 fully saturated rings. The van der Waals surface area contributed by atoms with Crippen LogP contribution in [0.15, 0.2) is 21.2 Å². The average molecular weight is 264 g/mol. The lowest BCUT2D eigenvalue weighted by atomic mass is 10.1. The summed E-state index contributed by atoms with van der Waals surface area (Å²) < 4.78 is 1.26. The standard InChI is InChI=1S/C14H20N2O3/c1-9(2)11-12(17)15-14(19)16(13(11)18)8-7-10-5-3-4-6-10/h5,9,18H,3-4,6-8H2,1-2H3,(H,15,17,19). The highest BCUT2D eigenvalue weighted by Gasteiger charge is 2.17. The van der Waals surface area contributed by atoms with E-state index in [1.807, 2.05) is 13.8 Å². The van der Waals surface area contributed by atoms with E-state index in [9.17, 15) is 14.7 Å². The minimum Gasteiger partial charge on any atom is -0.494 e. The Morgan fingerprint density at radius 2 is 2.16 bits per heavy atom. The fourth-order valence-corrected chi connectivity index (χ4v) is 2.52. The van der Waals surface area contributed by atoms with Crippen LogP contribution in [0.2, 0.25) is 0 Å². The molecule has 0 saturated heterocycles. The van der Waals surface area contributed by atoms with E-state index in [1.54, 1.807) is 0 Å². The van der Waals surface area contributed by atoms with E-state index in [0.717, 1.165) is 19.3 Å². The van der Waals surface area contributed by atoms with Gasteiger partial charge in [-0.05, 0) is 31.6 Å². The quantitative estimate of drug-likeness (QED) is 0.815. The van der Waals surface area contributed by atoms with Gasteiger partial charge in [-0.2, -0.15) is 0 Å². The zero-order chi connectivity index (χ0) is 14.0. The van der Waals surface area contributed by atoms with Gasteiger partial charge in [0.25, 0.3) is 5.56 Å². The van der Waals surface area contributed by atoms with Crippen molar-refractivity contribution in [2.75, 3.05) is 0 Å². The van der Waals surface area contributed by atoms with Crippen molar-refractivity contribution >= 4 is 0 Å². The molecule has 1 aromatic heterocycles. The summed E-state index contributed by atoms with van der Waals surface area (Å²) in [6, 6.07) is 0. The number of aromatic nitrogens is 2. The Kier molecular flexibility index (Phi) is 3.93.